The maximum Gasteiger partial charge on any atom is 0.314 e. The van der Waals surface area contributed by atoms with Gasteiger partial charge < -0.3 is 9.84 Å². The van der Waals surface area contributed by atoms with Gasteiger partial charge in [0, 0.05) is 11.4 Å². The summed E-state index contributed by atoms with van der Waals surface area (Å²) in [5.74, 6) is 0.100. The number of carboxylic acids is 1. The minimum absolute atomic E-state index is 0.122. The number of nitrogens with zero attached hydrogens (tertiary/aromatic N) is 1. The average Bonchev–Trinajstić information content (AvgIpc) is 2.73. The van der Waals surface area contributed by atoms with Gasteiger partial charge in [-0.15, -0.1) is 0 Å². The van der Waals surface area contributed by atoms with Gasteiger partial charge in [0.05, 0.1) is 16.9 Å². The Bertz CT molecular complexity index is 1000. The van der Waals surface area contributed by atoms with Gasteiger partial charge in [0.1, 0.15) is 11.5 Å². The third-order valence-corrected chi connectivity index (χ3v) is 5.97. The fourth-order valence-electron chi connectivity index (χ4n) is 4.05. The molecule has 1 aliphatic carbocycles. The van der Waals surface area contributed by atoms with Crippen molar-refractivity contribution in [2.45, 2.75) is 32.1 Å². The standard InChI is InChI=1S/C25H24ClNO3/c1-18(2)25(23(28)29,19-10-12-20(26)13-11-19)16-24(17-27)14-6-9-22(15-24)30-21-7-4-3-5-8-21/h3-14,18H,15-16H2,1-2H3,(H,28,29). The van der Waals surface area contributed by atoms with Gasteiger partial charge in [-0.05, 0) is 48.2 Å². The zero-order chi connectivity index (χ0) is 21.8. The molecule has 2 aromatic rings. The molecule has 0 saturated heterocycles. The van der Waals surface area contributed by atoms with E-state index in [-0.39, 0.29) is 12.3 Å². The van der Waals surface area contributed by atoms with Gasteiger partial charge in [-0.1, -0.05) is 67.9 Å². The number of aliphatic carboxylic acids is 1. The van der Waals surface area contributed by atoms with Gasteiger partial charge in [-0.25, -0.2) is 0 Å². The van der Waals surface area contributed by atoms with Crippen molar-refractivity contribution in [1.82, 2.24) is 0 Å². The maximum atomic E-state index is 12.6. The van der Waals surface area contributed by atoms with E-state index in [2.05, 4.69) is 6.07 Å². The van der Waals surface area contributed by atoms with Crippen LogP contribution in [-0.2, 0) is 10.2 Å². The number of hydrogen-bond donors (Lipinski definition) is 1. The number of halogens is 1. The lowest BCUT2D eigenvalue weighted by atomic mass is 9.61. The highest BCUT2D eigenvalue weighted by atomic mass is 35.5. The van der Waals surface area contributed by atoms with E-state index in [1.165, 1.54) is 0 Å². The Kier molecular flexibility index (Phi) is 6.34. The maximum absolute atomic E-state index is 12.6. The largest absolute Gasteiger partial charge is 0.481 e. The van der Waals surface area contributed by atoms with Crippen LogP contribution in [0.3, 0.4) is 0 Å². The quantitative estimate of drug-likeness (QED) is 0.582. The molecular weight excluding hydrogens is 398 g/mol. The fraction of sp³-hybridized carbons (Fsp3) is 0.280. The molecule has 0 amide bonds. The third-order valence-electron chi connectivity index (χ3n) is 5.72. The van der Waals surface area contributed by atoms with Crippen LogP contribution in [0.15, 0.2) is 78.6 Å². The Morgan fingerprint density at radius 1 is 1.23 bits per heavy atom. The number of nitriles is 1. The fourth-order valence-corrected chi connectivity index (χ4v) is 4.17. The molecule has 5 heteroatoms. The number of allylic oxidation sites excluding steroid dienone is 4. The summed E-state index contributed by atoms with van der Waals surface area (Å²) in [5.41, 5.74) is -1.63. The van der Waals surface area contributed by atoms with Crippen LogP contribution >= 0.6 is 11.6 Å². The molecule has 0 radical (unpaired) electrons. The van der Waals surface area contributed by atoms with E-state index in [9.17, 15) is 15.2 Å². The molecular formula is C25H24ClNO3. The summed E-state index contributed by atoms with van der Waals surface area (Å²) >= 11 is 6.03. The van der Waals surface area contributed by atoms with E-state index in [0.717, 1.165) is 0 Å². The highest BCUT2D eigenvalue weighted by Gasteiger charge is 2.50. The molecule has 0 saturated carbocycles. The molecule has 0 aliphatic heterocycles. The van der Waals surface area contributed by atoms with Gasteiger partial charge in [-0.2, -0.15) is 5.26 Å². The van der Waals surface area contributed by atoms with Crippen molar-refractivity contribution in [2.75, 3.05) is 0 Å². The second-order valence-corrected chi connectivity index (χ2v) is 8.40. The SMILES string of the molecule is CC(C)C(CC1(C#N)C=CC=C(Oc2ccccc2)C1)(C(=O)O)c1ccc(Cl)cc1. The molecule has 3 rings (SSSR count). The molecule has 0 spiro atoms. The van der Waals surface area contributed by atoms with Crippen LogP contribution in [0.4, 0.5) is 0 Å². The number of hydrogen-bond acceptors (Lipinski definition) is 3. The first-order valence-electron chi connectivity index (χ1n) is 9.83. The first-order valence-corrected chi connectivity index (χ1v) is 10.2. The first kappa shape index (κ1) is 21.7. The van der Waals surface area contributed by atoms with Gasteiger partial charge in [0.2, 0.25) is 0 Å². The lowest BCUT2D eigenvalue weighted by Crippen LogP contribution is -2.45. The molecule has 0 aromatic heterocycles. The van der Waals surface area contributed by atoms with E-state index < -0.39 is 16.8 Å². The Morgan fingerprint density at radius 3 is 2.47 bits per heavy atom. The van der Waals surface area contributed by atoms with E-state index in [0.29, 0.717) is 28.5 Å². The molecule has 30 heavy (non-hydrogen) atoms. The Hall–Kier alpha value is -3.03. The Balaban J connectivity index is 1.97. The van der Waals surface area contributed by atoms with Crippen molar-refractivity contribution in [3.63, 3.8) is 0 Å². The highest BCUT2D eigenvalue weighted by molar-refractivity contribution is 6.30. The van der Waals surface area contributed by atoms with Crippen molar-refractivity contribution >= 4 is 17.6 Å². The van der Waals surface area contributed by atoms with E-state index in [4.69, 9.17) is 16.3 Å². The molecule has 154 valence electrons. The van der Waals surface area contributed by atoms with Crippen LogP contribution in [-0.4, -0.2) is 11.1 Å². The van der Waals surface area contributed by atoms with Crippen LogP contribution in [0.25, 0.3) is 0 Å². The third kappa shape index (κ3) is 4.27. The van der Waals surface area contributed by atoms with Crippen LogP contribution in [0.1, 0.15) is 32.3 Å². The molecule has 2 unspecified atom stereocenters. The molecule has 1 aliphatic rings. The lowest BCUT2D eigenvalue weighted by Gasteiger charge is -2.40. The van der Waals surface area contributed by atoms with Gasteiger partial charge in [-0.3, -0.25) is 4.79 Å². The molecule has 0 bridgehead atoms. The van der Waals surface area contributed by atoms with E-state index in [1.54, 1.807) is 36.4 Å². The smallest absolute Gasteiger partial charge is 0.314 e. The summed E-state index contributed by atoms with van der Waals surface area (Å²) < 4.78 is 5.96. The normalized spacial score (nSPS) is 20.2. The highest BCUT2D eigenvalue weighted by Crippen LogP contribution is 2.47. The second kappa shape index (κ2) is 8.77. The topological polar surface area (TPSA) is 70.3 Å². The Labute approximate surface area is 182 Å². The van der Waals surface area contributed by atoms with Crippen LogP contribution in [0.2, 0.25) is 5.02 Å². The summed E-state index contributed by atoms with van der Waals surface area (Å²) in [6, 6.07) is 18.6. The first-order chi connectivity index (χ1) is 14.3. The van der Waals surface area contributed by atoms with E-state index >= 15 is 0 Å². The predicted molar refractivity (Wildman–Crippen MR) is 117 cm³/mol. The number of carboxylic acid groups (broad SMARTS) is 1. The zero-order valence-corrected chi connectivity index (χ0v) is 17.8. The summed E-state index contributed by atoms with van der Waals surface area (Å²) in [5, 5.41) is 21.0. The molecule has 0 fully saturated rings. The van der Waals surface area contributed by atoms with Crippen molar-refractivity contribution in [1.29, 1.82) is 5.26 Å². The minimum Gasteiger partial charge on any atom is -0.481 e. The molecule has 2 aromatic carbocycles. The Morgan fingerprint density at radius 2 is 1.90 bits per heavy atom. The average molecular weight is 422 g/mol. The van der Waals surface area contributed by atoms with Crippen LogP contribution in [0.5, 0.6) is 5.75 Å². The second-order valence-electron chi connectivity index (χ2n) is 7.97. The zero-order valence-electron chi connectivity index (χ0n) is 17.0. The minimum atomic E-state index is -1.25. The number of benzene rings is 2. The number of ether oxygens (including phenoxy) is 1. The summed E-state index contributed by atoms with van der Waals surface area (Å²) in [4.78, 5) is 12.6. The summed E-state index contributed by atoms with van der Waals surface area (Å²) in [6.45, 7) is 3.75. The van der Waals surface area contributed by atoms with E-state index in [1.807, 2.05) is 50.3 Å². The van der Waals surface area contributed by atoms with Crippen LogP contribution < -0.4 is 4.74 Å². The van der Waals surface area contributed by atoms with Gasteiger partial charge >= 0.3 is 5.97 Å². The molecule has 0 heterocycles. The monoisotopic (exact) mass is 421 g/mol. The van der Waals surface area contributed by atoms with Gasteiger partial charge in [0.15, 0.2) is 0 Å². The summed E-state index contributed by atoms with van der Waals surface area (Å²) in [7, 11) is 0. The lowest BCUT2D eigenvalue weighted by molar-refractivity contribution is -0.147. The number of carbonyl (C=O) groups is 1. The van der Waals surface area contributed by atoms with Crippen molar-refractivity contribution in [2.24, 2.45) is 11.3 Å². The molecule has 4 nitrogen and oxygen atoms in total. The predicted octanol–water partition coefficient (Wildman–Crippen LogP) is 6.14. The van der Waals surface area contributed by atoms with Crippen molar-refractivity contribution in [3.8, 4) is 11.8 Å². The summed E-state index contributed by atoms with van der Waals surface area (Å²) in [6.07, 6.45) is 5.81. The number of rotatable bonds is 7. The molecule has 1 N–H and O–H groups in total. The van der Waals surface area contributed by atoms with Gasteiger partial charge in [0.25, 0.3) is 0 Å². The number of para-hydroxylation sites is 1. The molecule has 2 atom stereocenters. The van der Waals surface area contributed by atoms with Crippen molar-refractivity contribution < 1.29 is 14.6 Å². The van der Waals surface area contributed by atoms with Crippen LogP contribution in [0, 0.1) is 22.7 Å². The van der Waals surface area contributed by atoms with Crippen molar-refractivity contribution in [3.05, 3.63) is 89.2 Å².